The monoisotopic (exact) mass is 311 g/mol. The number of carbonyl (C=O) groups is 1. The van der Waals surface area contributed by atoms with Gasteiger partial charge in [-0.15, -0.1) is 0 Å². The summed E-state index contributed by atoms with van der Waals surface area (Å²) in [7, 11) is 0. The second kappa shape index (κ2) is 7.40. The van der Waals surface area contributed by atoms with E-state index in [1.165, 1.54) is 0 Å². The van der Waals surface area contributed by atoms with Crippen LogP contribution >= 0.6 is 0 Å². The molecule has 1 fully saturated rings. The Bertz CT molecular complexity index is 630. The molecular weight excluding hydrogens is 290 g/mol. The fourth-order valence-corrected chi connectivity index (χ4v) is 2.64. The van der Waals surface area contributed by atoms with Crippen molar-refractivity contribution >= 4 is 5.91 Å². The molecule has 3 rings (SSSR count). The van der Waals surface area contributed by atoms with Crippen LogP contribution in [0.5, 0.6) is 0 Å². The van der Waals surface area contributed by atoms with E-state index < -0.39 is 0 Å². The van der Waals surface area contributed by atoms with Gasteiger partial charge < -0.3 is 14.8 Å². The van der Waals surface area contributed by atoms with Gasteiger partial charge in [-0.3, -0.25) is 4.79 Å². The first-order chi connectivity index (χ1) is 11.2. The van der Waals surface area contributed by atoms with Crippen molar-refractivity contribution < 1.29 is 14.3 Å². The number of carbonyl (C=O) groups excluding carboxylic acids is 1. The van der Waals surface area contributed by atoms with Crippen molar-refractivity contribution in [2.24, 2.45) is 0 Å². The van der Waals surface area contributed by atoms with Crippen LogP contribution in [0.4, 0.5) is 0 Å². The average molecular weight is 311 g/mol. The lowest BCUT2D eigenvalue weighted by atomic mass is 10.1. The van der Waals surface area contributed by atoms with Gasteiger partial charge in [-0.05, 0) is 12.5 Å². The van der Waals surface area contributed by atoms with Crippen LogP contribution in [0.25, 0.3) is 0 Å². The summed E-state index contributed by atoms with van der Waals surface area (Å²) in [5.74, 6) is -0.0154. The highest BCUT2D eigenvalue weighted by Gasteiger charge is 2.30. The molecule has 1 N–H and O–H groups in total. The van der Waals surface area contributed by atoms with E-state index in [9.17, 15) is 4.79 Å². The predicted octanol–water partition coefficient (Wildman–Crippen LogP) is 2.85. The third-order valence-corrected chi connectivity index (χ3v) is 3.96. The number of ether oxygens (including phenoxy) is 2. The van der Waals surface area contributed by atoms with Gasteiger partial charge in [-0.1, -0.05) is 60.7 Å². The zero-order valence-corrected chi connectivity index (χ0v) is 13.1. The quantitative estimate of drug-likeness (QED) is 0.944. The average Bonchev–Trinajstić information content (AvgIpc) is 2.58. The summed E-state index contributed by atoms with van der Waals surface area (Å²) in [4.78, 5) is 12.2. The van der Waals surface area contributed by atoms with Crippen LogP contribution in [0.2, 0.25) is 0 Å². The Morgan fingerprint density at radius 2 is 1.74 bits per heavy atom. The topological polar surface area (TPSA) is 47.6 Å². The number of rotatable bonds is 4. The number of hydrogen-bond donors (Lipinski definition) is 1. The Labute approximate surface area is 136 Å². The fraction of sp³-hybridized carbons (Fsp3) is 0.316. The first-order valence-electron chi connectivity index (χ1n) is 7.87. The minimum atomic E-state index is -0.367. The SMILES string of the molecule is C[C@@H]1O[C@@H](c2ccccc2)OC[C@H]1NC(=O)Cc1ccccc1. The van der Waals surface area contributed by atoms with Crippen molar-refractivity contribution in [3.8, 4) is 0 Å². The van der Waals surface area contributed by atoms with E-state index in [1.807, 2.05) is 67.6 Å². The number of nitrogens with one attached hydrogen (secondary N) is 1. The van der Waals surface area contributed by atoms with E-state index in [-0.39, 0.29) is 24.3 Å². The maximum atomic E-state index is 12.2. The van der Waals surface area contributed by atoms with Crippen LogP contribution in [0.3, 0.4) is 0 Å². The molecule has 1 amide bonds. The smallest absolute Gasteiger partial charge is 0.224 e. The molecule has 0 radical (unpaired) electrons. The second-order valence-electron chi connectivity index (χ2n) is 5.75. The van der Waals surface area contributed by atoms with Crippen molar-refractivity contribution in [2.75, 3.05) is 6.61 Å². The van der Waals surface area contributed by atoms with E-state index >= 15 is 0 Å². The summed E-state index contributed by atoms with van der Waals surface area (Å²) >= 11 is 0. The van der Waals surface area contributed by atoms with Crippen LogP contribution in [-0.4, -0.2) is 24.7 Å². The summed E-state index contributed by atoms with van der Waals surface area (Å²) in [6.45, 7) is 2.41. The van der Waals surface area contributed by atoms with Gasteiger partial charge in [0.05, 0.1) is 25.2 Å². The molecule has 0 unspecified atom stereocenters. The molecule has 0 aliphatic carbocycles. The molecule has 1 saturated heterocycles. The molecule has 4 heteroatoms. The fourth-order valence-electron chi connectivity index (χ4n) is 2.64. The molecule has 2 aromatic carbocycles. The molecule has 120 valence electrons. The van der Waals surface area contributed by atoms with Crippen LogP contribution in [0, 0.1) is 0 Å². The maximum absolute atomic E-state index is 12.2. The lowest BCUT2D eigenvalue weighted by molar-refractivity contribution is -0.224. The van der Waals surface area contributed by atoms with Crippen LogP contribution in [0.15, 0.2) is 60.7 Å². The summed E-state index contributed by atoms with van der Waals surface area (Å²) in [5, 5.41) is 3.00. The van der Waals surface area contributed by atoms with E-state index in [4.69, 9.17) is 9.47 Å². The normalized spacial score (nSPS) is 24.1. The van der Waals surface area contributed by atoms with Crippen molar-refractivity contribution in [2.45, 2.75) is 31.8 Å². The summed E-state index contributed by atoms with van der Waals surface area (Å²) in [6.07, 6.45) is -0.103. The van der Waals surface area contributed by atoms with Gasteiger partial charge in [0.15, 0.2) is 6.29 Å². The number of benzene rings is 2. The van der Waals surface area contributed by atoms with Crippen molar-refractivity contribution in [3.63, 3.8) is 0 Å². The molecule has 23 heavy (non-hydrogen) atoms. The zero-order chi connectivity index (χ0) is 16.1. The first-order valence-corrected chi connectivity index (χ1v) is 7.87. The van der Waals surface area contributed by atoms with Gasteiger partial charge in [0.25, 0.3) is 0 Å². The summed E-state index contributed by atoms with van der Waals surface area (Å²) < 4.78 is 11.7. The van der Waals surface area contributed by atoms with Crippen molar-refractivity contribution in [1.29, 1.82) is 0 Å². The zero-order valence-electron chi connectivity index (χ0n) is 13.1. The van der Waals surface area contributed by atoms with Crippen LogP contribution < -0.4 is 5.32 Å². The Morgan fingerprint density at radius 3 is 2.39 bits per heavy atom. The summed E-state index contributed by atoms with van der Waals surface area (Å²) in [5.41, 5.74) is 1.99. The molecule has 0 bridgehead atoms. The largest absolute Gasteiger partial charge is 0.348 e. The van der Waals surface area contributed by atoms with Gasteiger partial charge in [0.1, 0.15) is 0 Å². The summed E-state index contributed by atoms with van der Waals surface area (Å²) in [6, 6.07) is 19.4. The van der Waals surface area contributed by atoms with Gasteiger partial charge >= 0.3 is 0 Å². The van der Waals surface area contributed by atoms with Crippen LogP contribution in [-0.2, 0) is 20.7 Å². The molecule has 4 nitrogen and oxygen atoms in total. The third kappa shape index (κ3) is 4.18. The Morgan fingerprint density at radius 1 is 1.09 bits per heavy atom. The van der Waals surface area contributed by atoms with Crippen molar-refractivity contribution in [1.82, 2.24) is 5.32 Å². The molecule has 0 aromatic heterocycles. The second-order valence-corrected chi connectivity index (χ2v) is 5.75. The molecule has 3 atom stereocenters. The van der Waals surface area contributed by atoms with E-state index in [1.54, 1.807) is 0 Å². The number of hydrogen-bond acceptors (Lipinski definition) is 3. The predicted molar refractivity (Wildman–Crippen MR) is 87.8 cm³/mol. The highest BCUT2D eigenvalue weighted by molar-refractivity contribution is 5.78. The molecule has 2 aromatic rings. The van der Waals surface area contributed by atoms with E-state index in [0.29, 0.717) is 13.0 Å². The van der Waals surface area contributed by atoms with Gasteiger partial charge in [0, 0.05) is 5.56 Å². The van der Waals surface area contributed by atoms with Crippen LogP contribution in [0.1, 0.15) is 24.3 Å². The molecule has 0 spiro atoms. The Hall–Kier alpha value is -2.17. The highest BCUT2D eigenvalue weighted by atomic mass is 16.7. The number of amides is 1. The minimum Gasteiger partial charge on any atom is -0.348 e. The van der Waals surface area contributed by atoms with E-state index in [0.717, 1.165) is 11.1 Å². The maximum Gasteiger partial charge on any atom is 0.224 e. The molecule has 1 aliphatic heterocycles. The standard InChI is InChI=1S/C19H21NO3/c1-14-17(20-18(21)12-15-8-4-2-5-9-15)13-22-19(23-14)16-10-6-3-7-11-16/h2-11,14,17,19H,12-13H2,1H3,(H,20,21)/t14-,17+,19-/m0/s1. The van der Waals surface area contributed by atoms with Gasteiger partial charge in [-0.2, -0.15) is 0 Å². The third-order valence-electron chi connectivity index (χ3n) is 3.96. The lowest BCUT2D eigenvalue weighted by Gasteiger charge is -2.35. The Kier molecular flexibility index (Phi) is 5.05. The van der Waals surface area contributed by atoms with Crippen molar-refractivity contribution in [3.05, 3.63) is 71.8 Å². The highest BCUT2D eigenvalue weighted by Crippen LogP contribution is 2.26. The minimum absolute atomic E-state index is 0.0154. The van der Waals surface area contributed by atoms with E-state index in [2.05, 4.69) is 5.32 Å². The molecular formula is C19H21NO3. The lowest BCUT2D eigenvalue weighted by Crippen LogP contribution is -2.50. The molecule has 1 heterocycles. The molecule has 1 aliphatic rings. The Balaban J connectivity index is 1.53. The van der Waals surface area contributed by atoms with Gasteiger partial charge in [-0.25, -0.2) is 0 Å². The first kappa shape index (κ1) is 15.7. The van der Waals surface area contributed by atoms with Gasteiger partial charge in [0.2, 0.25) is 5.91 Å². The molecule has 0 saturated carbocycles.